The summed E-state index contributed by atoms with van der Waals surface area (Å²) >= 11 is 5.58. The van der Waals surface area contributed by atoms with Crippen LogP contribution in [0.5, 0.6) is 5.75 Å². The van der Waals surface area contributed by atoms with Crippen LogP contribution >= 0.6 is 12.2 Å². The predicted molar refractivity (Wildman–Crippen MR) is 133 cm³/mol. The van der Waals surface area contributed by atoms with Crippen LogP contribution in [-0.4, -0.2) is 34.1 Å². The highest BCUT2D eigenvalue weighted by Crippen LogP contribution is 2.30. The van der Waals surface area contributed by atoms with E-state index in [-0.39, 0.29) is 10.7 Å². The lowest BCUT2D eigenvalue weighted by molar-refractivity contribution is -0.144. The van der Waals surface area contributed by atoms with Crippen LogP contribution in [0.4, 0.5) is 11.4 Å². The maximum atomic E-state index is 13.4. The molecule has 170 valence electrons. The van der Waals surface area contributed by atoms with Gasteiger partial charge < -0.3 is 9.84 Å². The number of rotatable bonds is 6. The van der Waals surface area contributed by atoms with Crippen molar-refractivity contribution in [1.29, 1.82) is 0 Å². The number of benzene rings is 3. The van der Waals surface area contributed by atoms with Crippen molar-refractivity contribution in [3.63, 3.8) is 0 Å². The number of hydrogen-bond donors (Lipinski definition) is 1. The van der Waals surface area contributed by atoms with Crippen molar-refractivity contribution >= 4 is 52.6 Å². The average molecular weight is 473 g/mol. The Kier molecular flexibility index (Phi) is 6.51. The van der Waals surface area contributed by atoms with Gasteiger partial charge in [0.2, 0.25) is 0 Å². The van der Waals surface area contributed by atoms with Gasteiger partial charge in [-0.15, -0.1) is 0 Å². The molecule has 1 aliphatic heterocycles. The molecule has 4 rings (SSSR count). The Labute approximate surface area is 201 Å². The minimum absolute atomic E-state index is 0.0612. The van der Waals surface area contributed by atoms with Gasteiger partial charge >= 0.3 is 5.97 Å². The third-order valence-corrected chi connectivity index (χ3v) is 5.50. The second-order valence-corrected chi connectivity index (χ2v) is 7.83. The Hall–Kier alpha value is -4.30. The quantitative estimate of drug-likeness (QED) is 0.327. The van der Waals surface area contributed by atoms with Crippen molar-refractivity contribution in [1.82, 2.24) is 0 Å². The summed E-state index contributed by atoms with van der Waals surface area (Å²) in [6, 6.07) is 24.2. The van der Waals surface area contributed by atoms with Gasteiger partial charge in [-0.3, -0.25) is 19.4 Å². The number of carbonyl (C=O) groups is 3. The monoisotopic (exact) mass is 472 g/mol. The number of nitrogens with zero attached hydrogens (tertiary/aromatic N) is 2. The lowest BCUT2D eigenvalue weighted by Crippen LogP contribution is -2.56. The molecule has 0 unspecified atom stereocenters. The molecule has 1 aliphatic rings. The molecule has 1 saturated heterocycles. The number of ether oxygens (including phenoxy) is 1. The van der Waals surface area contributed by atoms with Crippen LogP contribution in [0.15, 0.2) is 90.5 Å². The molecule has 7 nitrogen and oxygen atoms in total. The van der Waals surface area contributed by atoms with Crippen LogP contribution in [-0.2, 0) is 14.4 Å². The third kappa shape index (κ3) is 4.57. The van der Waals surface area contributed by atoms with E-state index in [0.29, 0.717) is 22.7 Å². The third-order valence-electron chi connectivity index (χ3n) is 5.13. The fourth-order valence-corrected chi connectivity index (χ4v) is 3.78. The van der Waals surface area contributed by atoms with Crippen LogP contribution in [0.1, 0.15) is 12.5 Å². The molecule has 0 spiro atoms. The first-order chi connectivity index (χ1) is 16.4. The molecule has 1 heterocycles. The van der Waals surface area contributed by atoms with Gasteiger partial charge in [-0.05, 0) is 67.2 Å². The zero-order valence-electron chi connectivity index (χ0n) is 18.1. The zero-order valence-corrected chi connectivity index (χ0v) is 18.9. The zero-order chi connectivity index (χ0) is 24.2. The van der Waals surface area contributed by atoms with E-state index >= 15 is 0 Å². The molecule has 8 heteroatoms. The SMILES string of the molecule is C[C@H](Oc1ccc(C=C2C(=O)N(c3ccccc3)C(=S)N(c3ccccc3)C2=O)cc1)C(=O)O. The highest BCUT2D eigenvalue weighted by Gasteiger charge is 2.41. The highest BCUT2D eigenvalue weighted by molar-refractivity contribution is 7.81. The second-order valence-electron chi connectivity index (χ2n) is 7.46. The lowest BCUT2D eigenvalue weighted by atomic mass is 10.0. The summed E-state index contributed by atoms with van der Waals surface area (Å²) in [6.07, 6.45) is 0.480. The number of amides is 2. The Morgan fingerprint density at radius 2 is 1.32 bits per heavy atom. The summed E-state index contributed by atoms with van der Waals surface area (Å²) in [6.45, 7) is 1.43. The Morgan fingerprint density at radius 1 is 0.853 bits per heavy atom. The number of hydrogen-bond acceptors (Lipinski definition) is 5. The minimum Gasteiger partial charge on any atom is -0.479 e. The number of para-hydroxylation sites is 2. The molecule has 1 atom stereocenters. The molecule has 0 saturated carbocycles. The molecular formula is C26H20N2O5S. The Morgan fingerprint density at radius 3 is 1.76 bits per heavy atom. The molecule has 0 bridgehead atoms. The summed E-state index contributed by atoms with van der Waals surface area (Å²) in [5.74, 6) is -1.79. The average Bonchev–Trinajstić information content (AvgIpc) is 2.84. The fourth-order valence-electron chi connectivity index (χ4n) is 3.40. The standard InChI is InChI=1S/C26H20N2O5S/c1-17(25(31)32)33-21-14-12-18(13-15-21)16-22-23(29)27(19-8-4-2-5-9-19)26(34)28(24(22)30)20-10-6-3-7-11-20/h2-17H,1H3,(H,31,32)/t17-/m0/s1. The molecule has 0 aromatic heterocycles. The Balaban J connectivity index is 1.74. The topological polar surface area (TPSA) is 87.2 Å². The molecular weight excluding hydrogens is 452 g/mol. The van der Waals surface area contributed by atoms with Crippen molar-refractivity contribution in [3.8, 4) is 5.75 Å². The van der Waals surface area contributed by atoms with Gasteiger partial charge in [0.25, 0.3) is 11.8 Å². The molecule has 3 aromatic carbocycles. The van der Waals surface area contributed by atoms with Crippen molar-refractivity contribution in [2.45, 2.75) is 13.0 Å². The van der Waals surface area contributed by atoms with Crippen molar-refractivity contribution in [2.75, 3.05) is 9.80 Å². The van der Waals surface area contributed by atoms with Crippen LogP contribution in [0.25, 0.3) is 6.08 Å². The van der Waals surface area contributed by atoms with Crippen molar-refractivity contribution < 1.29 is 24.2 Å². The largest absolute Gasteiger partial charge is 0.479 e. The van der Waals surface area contributed by atoms with E-state index in [9.17, 15) is 14.4 Å². The van der Waals surface area contributed by atoms with Gasteiger partial charge in [0, 0.05) is 0 Å². The fraction of sp³-hybridized carbons (Fsp3) is 0.0769. The summed E-state index contributed by atoms with van der Waals surface area (Å²) in [7, 11) is 0. The summed E-state index contributed by atoms with van der Waals surface area (Å²) in [4.78, 5) is 40.6. The van der Waals surface area contributed by atoms with Gasteiger partial charge in [-0.25, -0.2) is 4.79 Å². The van der Waals surface area contributed by atoms with Crippen LogP contribution in [0.2, 0.25) is 0 Å². The van der Waals surface area contributed by atoms with Crippen LogP contribution < -0.4 is 14.5 Å². The van der Waals surface area contributed by atoms with E-state index in [1.807, 2.05) is 12.1 Å². The molecule has 2 amide bonds. The van der Waals surface area contributed by atoms with Crippen molar-refractivity contribution in [2.24, 2.45) is 0 Å². The summed E-state index contributed by atoms with van der Waals surface area (Å²) in [5.41, 5.74) is 1.60. The number of thiocarbonyl (C=S) groups is 1. The smallest absolute Gasteiger partial charge is 0.344 e. The number of aliphatic carboxylic acids is 1. The normalized spacial score (nSPS) is 14.7. The van der Waals surface area contributed by atoms with Gasteiger partial charge in [0.15, 0.2) is 11.2 Å². The molecule has 0 radical (unpaired) electrons. The number of carboxylic acids is 1. The molecule has 0 aliphatic carbocycles. The second kappa shape index (κ2) is 9.68. The maximum Gasteiger partial charge on any atom is 0.344 e. The molecule has 3 aromatic rings. The van der Waals surface area contributed by atoms with Gasteiger partial charge in [-0.1, -0.05) is 48.5 Å². The summed E-state index contributed by atoms with van der Waals surface area (Å²) in [5, 5.41) is 9.07. The van der Waals surface area contributed by atoms with Crippen LogP contribution in [0, 0.1) is 0 Å². The highest BCUT2D eigenvalue weighted by atomic mass is 32.1. The van der Waals surface area contributed by atoms with E-state index in [0.717, 1.165) is 0 Å². The van der Waals surface area contributed by atoms with E-state index in [4.69, 9.17) is 22.1 Å². The van der Waals surface area contributed by atoms with E-state index in [1.165, 1.54) is 22.8 Å². The number of carboxylic acid groups (broad SMARTS) is 1. The molecule has 1 fully saturated rings. The first kappa shape index (κ1) is 22.9. The van der Waals surface area contributed by atoms with E-state index < -0.39 is 23.9 Å². The van der Waals surface area contributed by atoms with E-state index in [1.54, 1.807) is 72.8 Å². The van der Waals surface area contributed by atoms with E-state index in [2.05, 4.69) is 0 Å². The van der Waals surface area contributed by atoms with Crippen LogP contribution in [0.3, 0.4) is 0 Å². The first-order valence-corrected chi connectivity index (χ1v) is 10.8. The van der Waals surface area contributed by atoms with Crippen molar-refractivity contribution in [3.05, 3.63) is 96.1 Å². The minimum atomic E-state index is -1.08. The Bertz CT molecular complexity index is 1210. The lowest BCUT2D eigenvalue weighted by Gasteiger charge is -2.36. The predicted octanol–water partition coefficient (Wildman–Crippen LogP) is 4.29. The summed E-state index contributed by atoms with van der Waals surface area (Å²) < 4.78 is 5.34. The van der Waals surface area contributed by atoms with Gasteiger partial charge in [-0.2, -0.15) is 0 Å². The number of carbonyl (C=O) groups excluding carboxylic acids is 2. The molecule has 34 heavy (non-hydrogen) atoms. The number of anilines is 2. The first-order valence-electron chi connectivity index (χ1n) is 10.4. The van der Waals surface area contributed by atoms with Gasteiger partial charge in [0.1, 0.15) is 11.3 Å². The maximum absolute atomic E-state index is 13.4. The molecule has 1 N–H and O–H groups in total. The van der Waals surface area contributed by atoms with Gasteiger partial charge in [0.05, 0.1) is 11.4 Å².